The highest BCUT2D eigenvalue weighted by Gasteiger charge is 2.18. The van der Waals surface area contributed by atoms with Gasteiger partial charge in [0.1, 0.15) is 11.5 Å². The molecule has 25 heavy (non-hydrogen) atoms. The minimum atomic E-state index is -0.274. The first-order valence-corrected chi connectivity index (χ1v) is 9.51. The predicted molar refractivity (Wildman–Crippen MR) is 104 cm³/mol. The van der Waals surface area contributed by atoms with E-state index in [4.69, 9.17) is 0 Å². The molecule has 1 N–H and O–H groups in total. The van der Waals surface area contributed by atoms with E-state index in [1.54, 1.807) is 17.4 Å². The molecule has 132 valence electrons. The number of likely N-dealkylation sites (N-methyl/N-ethyl adjacent to an activating group) is 1. The van der Waals surface area contributed by atoms with Gasteiger partial charge in [0, 0.05) is 19.6 Å². The highest BCUT2D eigenvalue weighted by Crippen LogP contribution is 2.33. The van der Waals surface area contributed by atoms with Crippen molar-refractivity contribution < 1.29 is 9.18 Å². The third-order valence-corrected chi connectivity index (χ3v) is 5.44. The molecule has 0 spiro atoms. The van der Waals surface area contributed by atoms with Gasteiger partial charge in [0.15, 0.2) is 0 Å². The first kappa shape index (κ1) is 18.1. The van der Waals surface area contributed by atoms with E-state index in [-0.39, 0.29) is 11.7 Å². The Balaban J connectivity index is 1.92. The summed E-state index contributed by atoms with van der Waals surface area (Å²) in [6, 6.07) is 10.4. The Kier molecular flexibility index (Phi) is 5.56. The molecule has 1 amide bonds. The number of amides is 1. The van der Waals surface area contributed by atoms with Crippen LogP contribution in [0.3, 0.4) is 0 Å². The van der Waals surface area contributed by atoms with Crippen LogP contribution in [0.2, 0.25) is 0 Å². The normalized spacial score (nSPS) is 11.4. The second-order valence-electron chi connectivity index (χ2n) is 6.10. The largest absolute Gasteiger partial charge is 0.349 e. The number of rotatable bonds is 6. The summed E-state index contributed by atoms with van der Waals surface area (Å²) in [4.78, 5) is 14.6. The van der Waals surface area contributed by atoms with Crippen molar-refractivity contribution in [3.05, 3.63) is 57.3 Å². The number of fused-ring (bicyclic) bond motifs is 1. The molecule has 3 rings (SSSR count). The van der Waals surface area contributed by atoms with Gasteiger partial charge in [-0.25, -0.2) is 4.39 Å². The predicted octanol–water partition coefficient (Wildman–Crippen LogP) is 3.94. The van der Waals surface area contributed by atoms with Gasteiger partial charge in [0.05, 0.1) is 14.0 Å². The summed E-state index contributed by atoms with van der Waals surface area (Å²) in [5, 5.41) is 2.95. The van der Waals surface area contributed by atoms with Crippen LogP contribution in [0, 0.1) is 5.82 Å². The zero-order valence-electron chi connectivity index (χ0n) is 14.1. The van der Waals surface area contributed by atoms with E-state index >= 15 is 0 Å². The van der Waals surface area contributed by atoms with Gasteiger partial charge in [-0.1, -0.05) is 12.1 Å². The highest BCUT2D eigenvalue weighted by atomic mass is 79.9. The summed E-state index contributed by atoms with van der Waals surface area (Å²) in [6.07, 6.45) is 0. The van der Waals surface area contributed by atoms with Crippen molar-refractivity contribution >= 4 is 43.4 Å². The van der Waals surface area contributed by atoms with Gasteiger partial charge in [-0.15, -0.1) is 11.3 Å². The van der Waals surface area contributed by atoms with E-state index in [1.165, 1.54) is 12.1 Å². The average molecular weight is 424 g/mol. The molecular formula is C18H19BrFN3OS. The molecule has 0 atom stereocenters. The molecule has 7 heteroatoms. The molecule has 0 radical (unpaired) electrons. The molecule has 0 fully saturated rings. The third kappa shape index (κ3) is 4.29. The second kappa shape index (κ2) is 7.68. The number of thiophene rings is 1. The molecule has 0 saturated carbocycles. The van der Waals surface area contributed by atoms with Crippen LogP contribution >= 0.6 is 27.3 Å². The minimum absolute atomic E-state index is 0.113. The molecule has 2 aromatic heterocycles. The number of nitrogens with one attached hydrogen (secondary N) is 1. The molecule has 0 saturated heterocycles. The molecule has 2 heterocycles. The maximum Gasteiger partial charge on any atom is 0.268 e. The van der Waals surface area contributed by atoms with E-state index in [2.05, 4.69) is 21.2 Å². The summed E-state index contributed by atoms with van der Waals surface area (Å²) in [7, 11) is 3.93. The lowest BCUT2D eigenvalue weighted by molar-refractivity contribution is 0.0942. The van der Waals surface area contributed by atoms with Crippen molar-refractivity contribution in [2.24, 2.45) is 0 Å². The number of nitrogens with zero attached hydrogens (tertiary/aromatic N) is 2. The van der Waals surface area contributed by atoms with Crippen molar-refractivity contribution in [2.45, 2.75) is 6.54 Å². The van der Waals surface area contributed by atoms with Crippen LogP contribution < -0.4 is 5.32 Å². The highest BCUT2D eigenvalue weighted by molar-refractivity contribution is 9.11. The number of carbonyl (C=O) groups is 1. The van der Waals surface area contributed by atoms with E-state index in [0.717, 1.165) is 26.1 Å². The lowest BCUT2D eigenvalue weighted by Gasteiger charge is -2.13. The van der Waals surface area contributed by atoms with E-state index < -0.39 is 0 Å². The lowest BCUT2D eigenvalue weighted by atomic mass is 10.2. The topological polar surface area (TPSA) is 37.3 Å². The van der Waals surface area contributed by atoms with Crippen LogP contribution in [0.25, 0.3) is 10.2 Å². The third-order valence-electron chi connectivity index (χ3n) is 3.87. The van der Waals surface area contributed by atoms with Gasteiger partial charge in [0.2, 0.25) is 0 Å². The van der Waals surface area contributed by atoms with Gasteiger partial charge in [0.25, 0.3) is 5.91 Å². The van der Waals surface area contributed by atoms with Crippen molar-refractivity contribution in [1.82, 2.24) is 14.8 Å². The molecule has 1 aromatic carbocycles. The maximum absolute atomic E-state index is 13.5. The summed E-state index contributed by atoms with van der Waals surface area (Å²) in [5.74, 6) is -0.387. The van der Waals surface area contributed by atoms with Crippen molar-refractivity contribution in [1.29, 1.82) is 0 Å². The minimum Gasteiger partial charge on any atom is -0.349 e. The van der Waals surface area contributed by atoms with Crippen LogP contribution in [0.15, 0.2) is 40.2 Å². The van der Waals surface area contributed by atoms with Crippen LogP contribution in [-0.4, -0.2) is 42.6 Å². The first-order valence-electron chi connectivity index (χ1n) is 7.90. The molecule has 0 bridgehead atoms. The summed E-state index contributed by atoms with van der Waals surface area (Å²) in [5.41, 5.74) is 2.39. The second-order valence-corrected chi connectivity index (χ2v) is 8.57. The van der Waals surface area contributed by atoms with Crippen molar-refractivity contribution in [2.75, 3.05) is 27.2 Å². The van der Waals surface area contributed by atoms with Crippen LogP contribution in [0.1, 0.15) is 16.1 Å². The van der Waals surface area contributed by atoms with Crippen LogP contribution in [0.4, 0.5) is 4.39 Å². The van der Waals surface area contributed by atoms with Crippen molar-refractivity contribution in [3.63, 3.8) is 0 Å². The SMILES string of the molecule is CN(C)CCNC(=O)c1cc2sc(Br)cc2n1Cc1cccc(F)c1. The summed E-state index contributed by atoms with van der Waals surface area (Å²) >= 11 is 5.07. The zero-order valence-corrected chi connectivity index (χ0v) is 16.5. The molecular weight excluding hydrogens is 405 g/mol. The molecule has 0 aliphatic carbocycles. The molecule has 3 aromatic rings. The van der Waals surface area contributed by atoms with Gasteiger partial charge >= 0.3 is 0 Å². The maximum atomic E-state index is 13.5. The lowest BCUT2D eigenvalue weighted by Crippen LogP contribution is -2.32. The number of aromatic nitrogens is 1. The van der Waals surface area contributed by atoms with Crippen LogP contribution in [0.5, 0.6) is 0 Å². The Morgan fingerprint density at radius 3 is 2.84 bits per heavy atom. The monoisotopic (exact) mass is 423 g/mol. The molecule has 0 aliphatic rings. The first-order chi connectivity index (χ1) is 11.9. The fourth-order valence-corrected chi connectivity index (χ4v) is 4.24. The van der Waals surface area contributed by atoms with E-state index in [9.17, 15) is 9.18 Å². The van der Waals surface area contributed by atoms with Gasteiger partial charge in [-0.05, 0) is 59.9 Å². The number of hydrogen-bond acceptors (Lipinski definition) is 3. The standard InChI is InChI=1S/C18H19BrFN3OS/c1-22(2)7-6-21-18(24)15-9-16-14(10-17(19)25-16)23(15)11-12-4-3-5-13(20)8-12/h3-5,8-10H,6-7,11H2,1-2H3,(H,21,24). The van der Waals surface area contributed by atoms with Crippen LogP contribution in [-0.2, 0) is 6.54 Å². The Morgan fingerprint density at radius 2 is 2.12 bits per heavy atom. The smallest absolute Gasteiger partial charge is 0.268 e. The number of carbonyl (C=O) groups excluding carboxylic acids is 1. The number of benzene rings is 1. The van der Waals surface area contributed by atoms with Gasteiger partial charge in [-0.2, -0.15) is 0 Å². The Hall–Kier alpha value is -1.70. The Bertz CT molecular complexity index is 903. The van der Waals surface area contributed by atoms with Gasteiger partial charge < -0.3 is 14.8 Å². The number of halogens is 2. The quantitative estimate of drug-likeness (QED) is 0.651. The number of hydrogen-bond donors (Lipinski definition) is 1. The summed E-state index contributed by atoms with van der Waals surface area (Å²) in [6.45, 7) is 1.80. The van der Waals surface area contributed by atoms with E-state index in [0.29, 0.717) is 18.8 Å². The van der Waals surface area contributed by atoms with Crippen molar-refractivity contribution in [3.8, 4) is 0 Å². The Morgan fingerprint density at radius 1 is 1.32 bits per heavy atom. The summed E-state index contributed by atoms with van der Waals surface area (Å²) < 4.78 is 17.5. The fraction of sp³-hybridized carbons (Fsp3) is 0.278. The zero-order chi connectivity index (χ0) is 18.0. The van der Waals surface area contributed by atoms with Gasteiger partial charge in [-0.3, -0.25) is 4.79 Å². The molecule has 0 aliphatic heterocycles. The fourth-order valence-electron chi connectivity index (χ4n) is 2.67. The Labute approximate surface area is 158 Å². The molecule has 0 unspecified atom stereocenters. The van der Waals surface area contributed by atoms with E-state index in [1.807, 2.05) is 41.8 Å². The molecule has 4 nitrogen and oxygen atoms in total. The average Bonchev–Trinajstić information content (AvgIpc) is 3.04.